The fraction of sp³-hybridized carbons (Fsp3) is 1.00. The summed E-state index contributed by atoms with van der Waals surface area (Å²) in [7, 11) is 0. The predicted molar refractivity (Wildman–Crippen MR) is 50.3 cm³/mol. The van der Waals surface area contributed by atoms with Crippen LogP contribution in [-0.4, -0.2) is 42.3 Å². The maximum Gasteiger partial charge on any atom is 0.0723 e. The summed E-state index contributed by atoms with van der Waals surface area (Å²) in [4.78, 5) is 4.84. The summed E-state index contributed by atoms with van der Waals surface area (Å²) in [6, 6.07) is 0. The molecule has 1 aliphatic heterocycles. The summed E-state index contributed by atoms with van der Waals surface area (Å²) < 4.78 is 0. The molecule has 5 heteroatoms. The third-order valence-electron chi connectivity index (χ3n) is 2.27. The Morgan fingerprint density at radius 1 is 1.38 bits per heavy atom. The Kier molecular flexibility index (Phi) is 4.60. The van der Waals surface area contributed by atoms with Gasteiger partial charge >= 0.3 is 0 Å². The van der Waals surface area contributed by atoms with Crippen molar-refractivity contribution in [3.8, 4) is 0 Å². The van der Waals surface area contributed by atoms with E-state index in [2.05, 4.69) is 14.9 Å². The molecule has 0 spiro atoms. The monoisotopic (exact) mass is 184 g/mol. The lowest BCUT2D eigenvalue weighted by molar-refractivity contribution is 0.107. The number of likely N-dealkylation sites (tertiary alicyclic amines) is 1. The second-order valence-electron chi connectivity index (χ2n) is 3.43. The van der Waals surface area contributed by atoms with Crippen molar-refractivity contribution in [2.45, 2.75) is 25.4 Å². The van der Waals surface area contributed by atoms with Crippen molar-refractivity contribution in [1.82, 2.24) is 4.90 Å². The van der Waals surface area contributed by atoms with Crippen LogP contribution in [0.25, 0.3) is 10.4 Å². The van der Waals surface area contributed by atoms with E-state index in [0.717, 1.165) is 13.1 Å². The molecule has 1 unspecified atom stereocenters. The molecule has 0 aromatic carbocycles. The third kappa shape index (κ3) is 4.12. The van der Waals surface area contributed by atoms with Crippen LogP contribution in [0.5, 0.6) is 0 Å². The zero-order valence-corrected chi connectivity index (χ0v) is 7.76. The zero-order valence-electron chi connectivity index (χ0n) is 7.76. The van der Waals surface area contributed by atoms with Crippen molar-refractivity contribution in [1.29, 1.82) is 0 Å². The highest BCUT2D eigenvalue weighted by Crippen LogP contribution is 2.08. The fourth-order valence-electron chi connectivity index (χ4n) is 1.63. The Hall–Kier alpha value is -0.770. The number of hydrogen-bond donors (Lipinski definition) is 1. The van der Waals surface area contributed by atoms with E-state index in [-0.39, 0.29) is 6.54 Å². The number of β-amino-alcohol motifs (C(OH)–C–C–N with tert-alkyl or cyclic N) is 1. The molecule has 1 N–H and O–H groups in total. The summed E-state index contributed by atoms with van der Waals surface area (Å²) in [6.45, 7) is 2.95. The number of hydrogen-bond acceptors (Lipinski definition) is 3. The summed E-state index contributed by atoms with van der Waals surface area (Å²) in [5, 5.41) is 12.8. The van der Waals surface area contributed by atoms with E-state index in [9.17, 15) is 5.11 Å². The van der Waals surface area contributed by atoms with Gasteiger partial charge in [-0.1, -0.05) is 11.5 Å². The Labute approximate surface area is 78.0 Å². The van der Waals surface area contributed by atoms with Gasteiger partial charge in [0.15, 0.2) is 0 Å². The van der Waals surface area contributed by atoms with E-state index >= 15 is 0 Å². The molecule has 0 aliphatic carbocycles. The Morgan fingerprint density at radius 3 is 2.69 bits per heavy atom. The van der Waals surface area contributed by atoms with Crippen LogP contribution in [0.1, 0.15) is 19.3 Å². The van der Waals surface area contributed by atoms with Crippen molar-refractivity contribution in [2.24, 2.45) is 5.11 Å². The van der Waals surface area contributed by atoms with Gasteiger partial charge < -0.3 is 10.0 Å². The fourth-order valence-corrected chi connectivity index (χ4v) is 1.63. The number of nitrogens with zero attached hydrogens (tertiary/aromatic N) is 4. The molecule has 0 aromatic heterocycles. The van der Waals surface area contributed by atoms with Crippen LogP contribution < -0.4 is 0 Å². The van der Waals surface area contributed by atoms with Crippen molar-refractivity contribution < 1.29 is 5.11 Å². The van der Waals surface area contributed by atoms with E-state index in [4.69, 9.17) is 5.53 Å². The lowest BCUT2D eigenvalue weighted by atomic mass is 10.1. The van der Waals surface area contributed by atoms with Gasteiger partial charge in [0.1, 0.15) is 0 Å². The Balaban J connectivity index is 2.17. The first kappa shape index (κ1) is 10.3. The highest BCUT2D eigenvalue weighted by Gasteiger charge is 2.13. The average molecular weight is 184 g/mol. The zero-order chi connectivity index (χ0) is 9.52. The first-order valence-electron chi connectivity index (χ1n) is 4.74. The SMILES string of the molecule is [N-]=[N+]=NCC(O)CN1CCCCC1. The van der Waals surface area contributed by atoms with Gasteiger partial charge in [-0.3, -0.25) is 0 Å². The summed E-state index contributed by atoms with van der Waals surface area (Å²) in [5.74, 6) is 0. The molecule has 0 amide bonds. The summed E-state index contributed by atoms with van der Waals surface area (Å²) in [6.07, 6.45) is 3.22. The number of piperidine rings is 1. The minimum Gasteiger partial charge on any atom is -0.392 e. The van der Waals surface area contributed by atoms with Gasteiger partial charge in [-0.05, 0) is 31.5 Å². The Bertz CT molecular complexity index is 185. The van der Waals surface area contributed by atoms with Gasteiger partial charge in [0, 0.05) is 11.5 Å². The van der Waals surface area contributed by atoms with Gasteiger partial charge in [-0.2, -0.15) is 0 Å². The molecular formula is C8H16N4O. The highest BCUT2D eigenvalue weighted by molar-refractivity contribution is 4.70. The molecule has 0 radical (unpaired) electrons. The lowest BCUT2D eigenvalue weighted by Crippen LogP contribution is -2.37. The predicted octanol–water partition coefficient (Wildman–Crippen LogP) is 1.14. The summed E-state index contributed by atoms with van der Waals surface area (Å²) in [5.41, 5.74) is 8.05. The minimum absolute atomic E-state index is 0.188. The van der Waals surface area contributed by atoms with Gasteiger partial charge in [0.2, 0.25) is 0 Å². The van der Waals surface area contributed by atoms with E-state index in [1.807, 2.05) is 0 Å². The molecule has 1 saturated heterocycles. The number of aliphatic hydroxyl groups is 1. The quantitative estimate of drug-likeness (QED) is 0.404. The van der Waals surface area contributed by atoms with Crippen LogP contribution in [0.4, 0.5) is 0 Å². The molecule has 1 rings (SSSR count). The molecule has 1 fully saturated rings. The molecule has 0 aromatic rings. The van der Waals surface area contributed by atoms with Crippen LogP contribution in [0.15, 0.2) is 5.11 Å². The minimum atomic E-state index is -0.506. The van der Waals surface area contributed by atoms with Crippen LogP contribution in [-0.2, 0) is 0 Å². The van der Waals surface area contributed by atoms with Crippen molar-refractivity contribution in [2.75, 3.05) is 26.2 Å². The van der Waals surface area contributed by atoms with Gasteiger partial charge in [0.05, 0.1) is 12.6 Å². The Morgan fingerprint density at radius 2 is 2.08 bits per heavy atom. The van der Waals surface area contributed by atoms with E-state index < -0.39 is 6.10 Å². The van der Waals surface area contributed by atoms with Crippen LogP contribution in [0, 0.1) is 0 Å². The first-order chi connectivity index (χ1) is 6.33. The molecule has 74 valence electrons. The smallest absolute Gasteiger partial charge is 0.0723 e. The molecule has 1 heterocycles. The van der Waals surface area contributed by atoms with Crippen LogP contribution >= 0.6 is 0 Å². The van der Waals surface area contributed by atoms with Gasteiger partial charge in [0.25, 0.3) is 0 Å². The van der Waals surface area contributed by atoms with E-state index in [1.165, 1.54) is 19.3 Å². The molecule has 0 bridgehead atoms. The van der Waals surface area contributed by atoms with Crippen LogP contribution in [0.2, 0.25) is 0 Å². The maximum atomic E-state index is 9.43. The summed E-state index contributed by atoms with van der Waals surface area (Å²) >= 11 is 0. The van der Waals surface area contributed by atoms with E-state index in [0.29, 0.717) is 6.54 Å². The lowest BCUT2D eigenvalue weighted by Gasteiger charge is -2.27. The normalized spacial score (nSPS) is 20.7. The third-order valence-corrected chi connectivity index (χ3v) is 2.27. The second kappa shape index (κ2) is 5.80. The maximum absolute atomic E-state index is 9.43. The molecule has 1 atom stereocenters. The van der Waals surface area contributed by atoms with Crippen molar-refractivity contribution in [3.05, 3.63) is 10.4 Å². The molecule has 5 nitrogen and oxygen atoms in total. The molecule has 13 heavy (non-hydrogen) atoms. The van der Waals surface area contributed by atoms with E-state index in [1.54, 1.807) is 0 Å². The van der Waals surface area contributed by atoms with Gasteiger partial charge in [-0.15, -0.1) is 0 Å². The topological polar surface area (TPSA) is 72.2 Å². The van der Waals surface area contributed by atoms with Gasteiger partial charge in [-0.25, -0.2) is 0 Å². The second-order valence-corrected chi connectivity index (χ2v) is 3.43. The van der Waals surface area contributed by atoms with Crippen molar-refractivity contribution in [3.63, 3.8) is 0 Å². The van der Waals surface area contributed by atoms with Crippen molar-refractivity contribution >= 4 is 0 Å². The van der Waals surface area contributed by atoms with Crippen LogP contribution in [0.3, 0.4) is 0 Å². The number of rotatable bonds is 4. The molecular weight excluding hydrogens is 168 g/mol. The standard InChI is InChI=1S/C8H16N4O/c9-11-10-6-8(13)7-12-4-2-1-3-5-12/h8,13H,1-7H2. The number of azide groups is 1. The molecule has 1 aliphatic rings. The average Bonchev–Trinajstić information content (AvgIpc) is 2.16. The molecule has 0 saturated carbocycles. The highest BCUT2D eigenvalue weighted by atomic mass is 16.3. The largest absolute Gasteiger partial charge is 0.392 e. The number of aliphatic hydroxyl groups excluding tert-OH is 1. The first-order valence-corrected chi connectivity index (χ1v) is 4.74.